The summed E-state index contributed by atoms with van der Waals surface area (Å²) in [5.74, 6) is 2.09. The van der Waals surface area contributed by atoms with Gasteiger partial charge >= 0.3 is 6.36 Å². The third kappa shape index (κ3) is 4.75. The highest BCUT2D eigenvalue weighted by Gasteiger charge is 2.37. The molecule has 5 nitrogen and oxygen atoms in total. The Balaban J connectivity index is 1.59. The van der Waals surface area contributed by atoms with E-state index in [9.17, 15) is 13.2 Å². The smallest absolute Gasteiger partial charge is 0.406 e. The average molecular weight is 497 g/mol. The van der Waals surface area contributed by atoms with Gasteiger partial charge in [-0.15, -0.1) is 24.9 Å². The molecule has 2 aliphatic rings. The molecule has 176 valence electrons. The number of benzene rings is 1. The van der Waals surface area contributed by atoms with Gasteiger partial charge in [0.2, 0.25) is 0 Å². The molecular formula is C23H24ClF3N4OS. The lowest BCUT2D eigenvalue weighted by molar-refractivity contribution is -0.274. The summed E-state index contributed by atoms with van der Waals surface area (Å²) in [6.45, 7) is 3.29. The van der Waals surface area contributed by atoms with Crippen LogP contribution in [0, 0.1) is 11.8 Å². The number of hydrogen-bond acceptors (Lipinski definition) is 5. The van der Waals surface area contributed by atoms with Gasteiger partial charge in [0.1, 0.15) is 22.3 Å². The van der Waals surface area contributed by atoms with E-state index in [-0.39, 0.29) is 10.8 Å². The predicted octanol–water partition coefficient (Wildman–Crippen LogP) is 6.69. The molecule has 33 heavy (non-hydrogen) atoms. The molecule has 2 heterocycles. The minimum absolute atomic E-state index is 0.119. The molecule has 1 atom stereocenters. The first kappa shape index (κ1) is 22.7. The van der Waals surface area contributed by atoms with Crippen LogP contribution in [-0.4, -0.2) is 39.6 Å². The number of hydrogen-bond donors (Lipinski definition) is 0. The Morgan fingerprint density at radius 3 is 2.64 bits per heavy atom. The van der Waals surface area contributed by atoms with Crippen LogP contribution < -0.4 is 9.64 Å². The minimum atomic E-state index is -4.78. The summed E-state index contributed by atoms with van der Waals surface area (Å²) in [7, 11) is 0. The van der Waals surface area contributed by atoms with Crippen LogP contribution in [-0.2, 0) is 0 Å². The Morgan fingerprint density at radius 2 is 2.03 bits per heavy atom. The summed E-state index contributed by atoms with van der Waals surface area (Å²) in [6, 6.07) is 4.31. The second-order valence-corrected chi connectivity index (χ2v) is 9.98. The molecule has 0 bridgehead atoms. The van der Waals surface area contributed by atoms with Crippen LogP contribution in [0.15, 0.2) is 35.6 Å². The zero-order chi connectivity index (χ0) is 23.3. The van der Waals surface area contributed by atoms with Gasteiger partial charge in [-0.1, -0.05) is 11.6 Å². The van der Waals surface area contributed by atoms with Gasteiger partial charge in [-0.3, -0.25) is 9.38 Å². The molecule has 0 saturated heterocycles. The van der Waals surface area contributed by atoms with Crippen molar-refractivity contribution in [1.29, 1.82) is 0 Å². The van der Waals surface area contributed by atoms with Crippen molar-refractivity contribution in [2.45, 2.75) is 50.0 Å². The Hall–Kier alpha value is -2.13. The molecule has 2 fully saturated rings. The highest BCUT2D eigenvalue weighted by molar-refractivity contribution is 7.98. The van der Waals surface area contributed by atoms with Crippen molar-refractivity contribution in [2.75, 3.05) is 17.7 Å². The average Bonchev–Trinajstić information content (AvgIpc) is 3.68. The predicted molar refractivity (Wildman–Crippen MR) is 124 cm³/mol. The molecular weight excluding hydrogens is 473 g/mol. The monoisotopic (exact) mass is 496 g/mol. The zero-order valence-corrected chi connectivity index (χ0v) is 19.8. The molecule has 5 rings (SSSR count). The number of halogens is 4. The first-order chi connectivity index (χ1) is 15.7. The molecule has 3 aromatic rings. The molecule has 2 saturated carbocycles. The number of imidazole rings is 1. The number of rotatable bonds is 8. The first-order valence-corrected chi connectivity index (χ1v) is 12.6. The molecule has 10 heteroatoms. The fraction of sp³-hybridized carbons (Fsp3) is 0.478. The van der Waals surface area contributed by atoms with Gasteiger partial charge in [-0.2, -0.15) is 0 Å². The van der Waals surface area contributed by atoms with E-state index < -0.39 is 6.36 Å². The number of aromatic nitrogens is 3. The Kier molecular flexibility index (Phi) is 5.89. The third-order valence-electron chi connectivity index (χ3n) is 6.33. The Labute approximate surface area is 199 Å². The fourth-order valence-corrected chi connectivity index (χ4v) is 5.11. The van der Waals surface area contributed by atoms with Crippen molar-refractivity contribution in [3.05, 3.63) is 35.6 Å². The van der Waals surface area contributed by atoms with E-state index in [1.807, 2.05) is 16.9 Å². The van der Waals surface area contributed by atoms with Gasteiger partial charge in [0.15, 0.2) is 5.65 Å². The van der Waals surface area contributed by atoms with E-state index in [0.29, 0.717) is 34.8 Å². The lowest BCUT2D eigenvalue weighted by Crippen LogP contribution is -2.37. The van der Waals surface area contributed by atoms with Crippen LogP contribution in [0.1, 0.15) is 32.6 Å². The summed E-state index contributed by atoms with van der Waals surface area (Å²) < 4.78 is 43.8. The number of thioether (sulfide) groups is 1. The SMILES string of the molecule is CSc1nc2c(-c3ccc(OC(F)(F)F)cc3Cl)nccn2c1N(CC1CC1)C(C)C1CC1. The van der Waals surface area contributed by atoms with Crippen molar-refractivity contribution in [3.8, 4) is 17.0 Å². The van der Waals surface area contributed by atoms with E-state index in [2.05, 4.69) is 21.5 Å². The number of alkyl halides is 3. The van der Waals surface area contributed by atoms with E-state index in [1.54, 1.807) is 18.0 Å². The van der Waals surface area contributed by atoms with E-state index in [0.717, 1.165) is 23.5 Å². The van der Waals surface area contributed by atoms with Crippen LogP contribution in [0.5, 0.6) is 5.75 Å². The van der Waals surface area contributed by atoms with Crippen molar-refractivity contribution in [3.63, 3.8) is 0 Å². The maximum Gasteiger partial charge on any atom is 0.573 e. The van der Waals surface area contributed by atoms with Crippen LogP contribution in [0.25, 0.3) is 16.9 Å². The summed E-state index contributed by atoms with van der Waals surface area (Å²) in [4.78, 5) is 11.9. The van der Waals surface area contributed by atoms with Crippen molar-refractivity contribution in [2.24, 2.45) is 11.8 Å². The van der Waals surface area contributed by atoms with E-state index in [4.69, 9.17) is 16.6 Å². The minimum Gasteiger partial charge on any atom is -0.406 e. The molecule has 2 aliphatic carbocycles. The van der Waals surface area contributed by atoms with Crippen LogP contribution in [0.2, 0.25) is 5.02 Å². The molecule has 1 unspecified atom stereocenters. The van der Waals surface area contributed by atoms with Crippen LogP contribution in [0.4, 0.5) is 19.0 Å². The van der Waals surface area contributed by atoms with E-state index >= 15 is 0 Å². The Morgan fingerprint density at radius 1 is 1.27 bits per heavy atom. The zero-order valence-electron chi connectivity index (χ0n) is 18.3. The maximum absolute atomic E-state index is 12.6. The summed E-state index contributed by atoms with van der Waals surface area (Å²) in [5, 5.41) is 1.03. The topological polar surface area (TPSA) is 42.7 Å². The largest absolute Gasteiger partial charge is 0.573 e. The number of fused-ring (bicyclic) bond motifs is 1. The molecule has 2 aromatic heterocycles. The standard InChI is InChI=1S/C23H24ClF3N4OS/c1-13(15-5-6-15)31(12-14-3-4-14)22-21(33-2)29-20-19(28-9-10-30(20)22)17-8-7-16(11-18(17)24)32-23(25,26)27/h7-11,13-15H,3-6,12H2,1-2H3. The van der Waals surface area contributed by atoms with Crippen molar-refractivity contribution in [1.82, 2.24) is 14.4 Å². The third-order valence-corrected chi connectivity index (χ3v) is 7.30. The van der Waals surface area contributed by atoms with Gasteiger partial charge in [0.05, 0.1) is 5.02 Å². The van der Waals surface area contributed by atoms with Crippen molar-refractivity contribution >= 4 is 34.8 Å². The van der Waals surface area contributed by atoms with Gasteiger partial charge in [-0.25, -0.2) is 4.98 Å². The van der Waals surface area contributed by atoms with Crippen LogP contribution in [0.3, 0.4) is 0 Å². The lowest BCUT2D eigenvalue weighted by atomic mass is 10.1. The molecule has 0 spiro atoms. The van der Waals surface area contributed by atoms with Gasteiger partial charge in [0, 0.05) is 30.5 Å². The van der Waals surface area contributed by atoms with Gasteiger partial charge in [-0.05, 0) is 68.9 Å². The summed E-state index contributed by atoms with van der Waals surface area (Å²) in [6.07, 6.45) is 5.83. The molecule has 0 radical (unpaired) electrons. The van der Waals surface area contributed by atoms with Gasteiger partial charge < -0.3 is 9.64 Å². The summed E-state index contributed by atoms with van der Waals surface area (Å²) >= 11 is 7.96. The highest BCUT2D eigenvalue weighted by Crippen LogP contribution is 2.43. The normalized spacial score (nSPS) is 17.4. The molecule has 0 aliphatic heterocycles. The quantitative estimate of drug-likeness (QED) is 0.325. The fourth-order valence-electron chi connectivity index (χ4n) is 4.27. The summed E-state index contributed by atoms with van der Waals surface area (Å²) in [5.41, 5.74) is 1.66. The van der Waals surface area contributed by atoms with Crippen molar-refractivity contribution < 1.29 is 17.9 Å². The Bertz CT molecular complexity index is 1180. The van der Waals surface area contributed by atoms with E-state index in [1.165, 1.54) is 37.8 Å². The highest BCUT2D eigenvalue weighted by atomic mass is 35.5. The van der Waals surface area contributed by atoms with Gasteiger partial charge in [0.25, 0.3) is 0 Å². The maximum atomic E-state index is 12.6. The number of ether oxygens (including phenoxy) is 1. The lowest BCUT2D eigenvalue weighted by Gasteiger charge is -2.31. The number of nitrogens with zero attached hydrogens (tertiary/aromatic N) is 4. The molecule has 0 amide bonds. The molecule has 0 N–H and O–H groups in total. The molecule has 1 aromatic carbocycles. The first-order valence-electron chi connectivity index (χ1n) is 11.0. The second-order valence-electron chi connectivity index (χ2n) is 8.78. The second kappa shape index (κ2) is 8.58. The van der Waals surface area contributed by atoms with Crippen LogP contribution >= 0.6 is 23.4 Å². The number of anilines is 1.